The molecule has 3 atom stereocenters. The van der Waals surface area contributed by atoms with Crippen molar-refractivity contribution in [3.8, 4) is 0 Å². The zero-order valence-corrected chi connectivity index (χ0v) is 22.5. The summed E-state index contributed by atoms with van der Waals surface area (Å²) >= 11 is 1.58. The van der Waals surface area contributed by atoms with Crippen LogP contribution in [0.2, 0.25) is 0 Å². The van der Waals surface area contributed by atoms with Crippen LogP contribution in [0.1, 0.15) is 67.3 Å². The van der Waals surface area contributed by atoms with Crippen molar-refractivity contribution in [2.45, 2.75) is 73.8 Å². The number of aliphatic carboxylic acids is 1. The van der Waals surface area contributed by atoms with E-state index in [4.69, 9.17) is 4.98 Å². The summed E-state index contributed by atoms with van der Waals surface area (Å²) in [5.74, 6) is 2.09. The van der Waals surface area contributed by atoms with Crippen LogP contribution >= 0.6 is 11.8 Å². The molecule has 4 saturated carbocycles. The first-order valence-electron chi connectivity index (χ1n) is 14.0. The van der Waals surface area contributed by atoms with Crippen molar-refractivity contribution in [3.63, 3.8) is 0 Å². The molecule has 0 spiro atoms. The van der Waals surface area contributed by atoms with Gasteiger partial charge in [0.15, 0.2) is 0 Å². The van der Waals surface area contributed by atoms with E-state index in [1.807, 2.05) is 30.3 Å². The highest BCUT2D eigenvalue weighted by atomic mass is 32.2. The molecule has 7 nitrogen and oxygen atoms in total. The van der Waals surface area contributed by atoms with Crippen molar-refractivity contribution in [2.75, 3.05) is 18.0 Å². The van der Waals surface area contributed by atoms with E-state index in [-0.39, 0.29) is 24.3 Å². The van der Waals surface area contributed by atoms with Gasteiger partial charge in [0, 0.05) is 31.3 Å². The summed E-state index contributed by atoms with van der Waals surface area (Å²) in [6, 6.07) is 14.1. The van der Waals surface area contributed by atoms with Crippen LogP contribution in [0, 0.1) is 23.7 Å². The molecule has 1 saturated heterocycles. The Morgan fingerprint density at radius 2 is 1.84 bits per heavy atom. The molecule has 1 aliphatic heterocycles. The number of hydrogen-bond acceptors (Lipinski definition) is 6. The van der Waals surface area contributed by atoms with Crippen molar-refractivity contribution in [1.29, 1.82) is 0 Å². The van der Waals surface area contributed by atoms with E-state index in [9.17, 15) is 19.8 Å². The van der Waals surface area contributed by atoms with Gasteiger partial charge in [-0.05, 0) is 86.3 Å². The highest BCUT2D eigenvalue weighted by molar-refractivity contribution is 7.98. The third-order valence-electron chi connectivity index (χ3n) is 9.15. The zero-order valence-electron chi connectivity index (χ0n) is 21.7. The van der Waals surface area contributed by atoms with Crippen LogP contribution in [0.3, 0.4) is 0 Å². The average Bonchev–Trinajstić information content (AvgIpc) is 2.89. The van der Waals surface area contributed by atoms with E-state index in [2.05, 4.69) is 22.3 Å². The maximum Gasteiger partial charge on any atom is 0.303 e. The minimum absolute atomic E-state index is 0.0773. The van der Waals surface area contributed by atoms with Crippen LogP contribution in [0.15, 0.2) is 47.5 Å². The Morgan fingerprint density at radius 1 is 1.08 bits per heavy atom. The summed E-state index contributed by atoms with van der Waals surface area (Å²) in [6.45, 7) is 1.51. The number of nitrogens with one attached hydrogen (secondary N) is 1. The van der Waals surface area contributed by atoms with E-state index in [1.54, 1.807) is 11.8 Å². The van der Waals surface area contributed by atoms with Crippen molar-refractivity contribution >= 4 is 29.5 Å². The number of benzene rings is 1. The number of rotatable bonds is 8. The lowest BCUT2D eigenvalue weighted by molar-refractivity contribution is -0.138. The second kappa shape index (κ2) is 10.5. The van der Waals surface area contributed by atoms with Gasteiger partial charge >= 0.3 is 5.97 Å². The molecule has 2 heterocycles. The largest absolute Gasteiger partial charge is 0.481 e. The molecule has 4 aliphatic carbocycles. The summed E-state index contributed by atoms with van der Waals surface area (Å²) < 4.78 is 0. The van der Waals surface area contributed by atoms with Crippen molar-refractivity contribution in [3.05, 3.63) is 53.6 Å². The van der Waals surface area contributed by atoms with Gasteiger partial charge in [0.25, 0.3) is 5.91 Å². The lowest BCUT2D eigenvalue weighted by atomic mass is 9.52. The molecule has 1 amide bonds. The van der Waals surface area contributed by atoms with Gasteiger partial charge in [-0.3, -0.25) is 9.59 Å². The Morgan fingerprint density at radius 3 is 2.55 bits per heavy atom. The summed E-state index contributed by atoms with van der Waals surface area (Å²) in [7, 11) is 0. The highest BCUT2D eigenvalue weighted by Gasteiger charge is 2.55. The topological polar surface area (TPSA) is 103 Å². The van der Waals surface area contributed by atoms with Crippen molar-refractivity contribution in [1.82, 2.24) is 10.3 Å². The van der Waals surface area contributed by atoms with E-state index in [1.165, 1.54) is 5.56 Å². The van der Waals surface area contributed by atoms with Gasteiger partial charge in [-0.15, -0.1) is 11.8 Å². The highest BCUT2D eigenvalue weighted by Crippen LogP contribution is 2.55. The Balaban J connectivity index is 1.22. The van der Waals surface area contributed by atoms with Crippen LogP contribution in [-0.2, 0) is 10.5 Å². The number of carbonyl (C=O) groups is 2. The minimum Gasteiger partial charge on any atom is -0.481 e. The molecule has 1 aromatic carbocycles. The first-order valence-corrected chi connectivity index (χ1v) is 15.0. The maximum absolute atomic E-state index is 13.7. The molecule has 202 valence electrons. The van der Waals surface area contributed by atoms with E-state index < -0.39 is 11.6 Å². The predicted molar refractivity (Wildman–Crippen MR) is 147 cm³/mol. The molecular formula is C30H37N3O4S. The number of thioether (sulfide) groups is 1. The number of anilines is 1. The molecule has 5 fully saturated rings. The number of amides is 1. The molecule has 7 rings (SSSR count). The van der Waals surface area contributed by atoms with Crippen LogP contribution in [0.4, 0.5) is 5.82 Å². The number of carboxylic acid groups (broad SMARTS) is 1. The average molecular weight is 536 g/mol. The quantitative estimate of drug-likeness (QED) is 0.420. The number of piperidine rings is 1. The molecule has 0 radical (unpaired) electrons. The standard InChI is InChI=1S/C30H37N3O4S/c34-26(35)13-20-7-4-10-33(17-20)25-9-8-24(29(31-25)38-18-19-5-2-1-3-6-19)28(36)32-27-22-11-21-12-23(27)16-30(37,14-21)15-22/h1-3,5-6,8-9,20-23,27,37H,4,7,10-18H2,(H,32,36)(H,34,35). The Kier molecular flexibility index (Phi) is 7.12. The van der Waals surface area contributed by atoms with E-state index in [0.717, 1.165) is 57.3 Å². The predicted octanol–water partition coefficient (Wildman–Crippen LogP) is 4.73. The van der Waals surface area contributed by atoms with Gasteiger partial charge in [0.05, 0.1) is 11.2 Å². The van der Waals surface area contributed by atoms with Gasteiger partial charge in [-0.1, -0.05) is 30.3 Å². The Hall–Kier alpha value is -2.58. The molecular weight excluding hydrogens is 498 g/mol. The first kappa shape index (κ1) is 25.7. The zero-order chi connectivity index (χ0) is 26.3. The summed E-state index contributed by atoms with van der Waals surface area (Å²) in [5.41, 5.74) is 1.25. The number of hydrogen-bond donors (Lipinski definition) is 3. The second-order valence-corrected chi connectivity index (χ2v) is 13.0. The number of nitrogens with zero attached hydrogens (tertiary/aromatic N) is 2. The fourth-order valence-electron chi connectivity index (χ4n) is 7.75. The number of carbonyl (C=O) groups excluding carboxylic acids is 1. The van der Waals surface area contributed by atoms with Gasteiger partial charge < -0.3 is 20.4 Å². The lowest BCUT2D eigenvalue weighted by Crippen LogP contribution is -2.61. The molecule has 3 unspecified atom stereocenters. The van der Waals surface area contributed by atoms with Crippen LogP contribution in [0.25, 0.3) is 0 Å². The molecule has 3 N–H and O–H groups in total. The summed E-state index contributed by atoms with van der Waals surface area (Å²) in [6.07, 6.45) is 6.74. The van der Waals surface area contributed by atoms with Crippen LogP contribution in [-0.4, -0.2) is 51.8 Å². The fraction of sp³-hybridized carbons (Fsp3) is 0.567. The van der Waals surface area contributed by atoms with Gasteiger partial charge in [0.2, 0.25) is 0 Å². The van der Waals surface area contributed by atoms with Crippen LogP contribution < -0.4 is 10.2 Å². The fourth-order valence-corrected chi connectivity index (χ4v) is 8.72. The number of aliphatic hydroxyl groups is 1. The third kappa shape index (κ3) is 5.43. The maximum atomic E-state index is 13.7. The molecule has 2 aromatic rings. The smallest absolute Gasteiger partial charge is 0.303 e. The van der Waals surface area contributed by atoms with E-state index in [0.29, 0.717) is 40.6 Å². The van der Waals surface area contributed by atoms with Gasteiger partial charge in [-0.2, -0.15) is 0 Å². The van der Waals surface area contributed by atoms with Crippen molar-refractivity contribution in [2.24, 2.45) is 23.7 Å². The van der Waals surface area contributed by atoms with Gasteiger partial charge in [0.1, 0.15) is 10.8 Å². The molecule has 8 heteroatoms. The summed E-state index contributed by atoms with van der Waals surface area (Å²) in [5, 5.41) is 24.3. The third-order valence-corrected chi connectivity index (χ3v) is 10.2. The van der Waals surface area contributed by atoms with Crippen LogP contribution in [0.5, 0.6) is 0 Å². The lowest BCUT2D eigenvalue weighted by Gasteiger charge is -2.58. The minimum atomic E-state index is -0.757. The monoisotopic (exact) mass is 535 g/mol. The Labute approximate surface area is 228 Å². The molecule has 4 bridgehead atoms. The molecule has 1 aromatic heterocycles. The van der Waals surface area contributed by atoms with E-state index >= 15 is 0 Å². The second-order valence-electron chi connectivity index (χ2n) is 12.0. The summed E-state index contributed by atoms with van der Waals surface area (Å²) in [4.78, 5) is 32.1. The normalized spacial score (nSPS) is 31.8. The number of carboxylic acids is 1. The van der Waals surface area contributed by atoms with Gasteiger partial charge in [-0.25, -0.2) is 4.98 Å². The SMILES string of the molecule is O=C(O)CC1CCCN(c2ccc(C(=O)NC3C4CC5CC3CC(O)(C5)C4)c(SCc3ccccc3)n2)C1. The number of pyridine rings is 1. The first-order chi connectivity index (χ1) is 18.3. The van der Waals surface area contributed by atoms with Crippen molar-refractivity contribution < 1.29 is 19.8 Å². The molecule has 5 aliphatic rings. The molecule has 38 heavy (non-hydrogen) atoms. The Bertz CT molecular complexity index is 1180. The number of aromatic nitrogens is 1.